The molecule has 5 rings (SSSR count). The minimum Gasteiger partial charge on any atom is -0.338 e. The summed E-state index contributed by atoms with van der Waals surface area (Å²) in [6, 6.07) is 21.9. The third-order valence-corrected chi connectivity index (χ3v) is 7.74. The topological polar surface area (TPSA) is 7.12 Å². The minimum atomic E-state index is 0.649. The van der Waals surface area contributed by atoms with Crippen LogP contribution in [0.4, 0.5) is 5.69 Å². The number of hydrogen-bond donors (Lipinski definition) is 0. The Morgan fingerprint density at radius 1 is 0.967 bits per heavy atom. The molecule has 0 radical (unpaired) electrons. The van der Waals surface area contributed by atoms with Crippen LogP contribution in [0.1, 0.15) is 37.8 Å². The van der Waals surface area contributed by atoms with Gasteiger partial charge in [-0.1, -0.05) is 55.3 Å². The molecule has 2 aliphatic rings. The molecule has 3 heteroatoms. The van der Waals surface area contributed by atoms with Gasteiger partial charge in [0.25, 0.3) is 0 Å². The summed E-state index contributed by atoms with van der Waals surface area (Å²) in [4.78, 5) is 3.70. The number of para-hydroxylation sites is 2. The molecule has 0 unspecified atom stereocenters. The number of benzene rings is 2. The fourth-order valence-electron chi connectivity index (χ4n) is 4.78. The highest BCUT2D eigenvalue weighted by molar-refractivity contribution is 8.03. The van der Waals surface area contributed by atoms with Crippen molar-refractivity contribution in [3.05, 3.63) is 83.0 Å². The van der Waals surface area contributed by atoms with Crippen LogP contribution in [0.25, 0.3) is 17.0 Å². The molecule has 1 aromatic heterocycles. The van der Waals surface area contributed by atoms with Gasteiger partial charge in [0.2, 0.25) is 11.2 Å². The lowest BCUT2D eigenvalue weighted by molar-refractivity contribution is -0.646. The summed E-state index contributed by atoms with van der Waals surface area (Å²) in [5, 5.41) is 2.62. The highest BCUT2D eigenvalue weighted by atomic mass is 32.2. The predicted molar refractivity (Wildman–Crippen MR) is 128 cm³/mol. The molecule has 1 aliphatic carbocycles. The molecule has 0 saturated heterocycles. The van der Waals surface area contributed by atoms with Crippen molar-refractivity contribution < 1.29 is 4.57 Å². The smallest absolute Gasteiger partial charge is 0.212 e. The molecule has 1 saturated carbocycles. The van der Waals surface area contributed by atoms with Crippen molar-refractivity contribution in [1.82, 2.24) is 0 Å². The van der Waals surface area contributed by atoms with Crippen LogP contribution in [0.2, 0.25) is 0 Å². The molecule has 30 heavy (non-hydrogen) atoms. The molecular weight excluding hydrogens is 384 g/mol. The Labute approximate surface area is 183 Å². The molecule has 0 N–H and O–H groups in total. The summed E-state index contributed by atoms with van der Waals surface area (Å²) in [6.45, 7) is 0. The molecule has 2 aromatic carbocycles. The van der Waals surface area contributed by atoms with Crippen LogP contribution in [0.3, 0.4) is 0 Å². The van der Waals surface area contributed by atoms with E-state index in [1.54, 1.807) is 0 Å². The van der Waals surface area contributed by atoms with E-state index in [9.17, 15) is 0 Å². The second-order valence-electron chi connectivity index (χ2n) is 8.47. The highest BCUT2D eigenvalue weighted by Crippen LogP contribution is 2.46. The fraction of sp³-hybridized carbons (Fsp3) is 0.296. The predicted octanol–water partition coefficient (Wildman–Crippen LogP) is 6.71. The molecule has 3 aromatic rings. The second-order valence-corrected chi connectivity index (χ2v) is 9.53. The van der Waals surface area contributed by atoms with Gasteiger partial charge in [-0.3, -0.25) is 0 Å². The van der Waals surface area contributed by atoms with Crippen molar-refractivity contribution >= 4 is 34.4 Å². The van der Waals surface area contributed by atoms with Crippen molar-refractivity contribution in [1.29, 1.82) is 0 Å². The zero-order valence-electron chi connectivity index (χ0n) is 17.8. The van der Waals surface area contributed by atoms with Crippen molar-refractivity contribution in [2.24, 2.45) is 13.0 Å². The van der Waals surface area contributed by atoms with Crippen LogP contribution < -0.4 is 9.47 Å². The molecule has 2 nitrogen and oxygen atoms in total. The van der Waals surface area contributed by atoms with Crippen LogP contribution in [0.15, 0.2) is 82.2 Å². The van der Waals surface area contributed by atoms with Crippen LogP contribution in [0.5, 0.6) is 0 Å². The van der Waals surface area contributed by atoms with E-state index in [1.165, 1.54) is 69.9 Å². The number of pyridine rings is 1. The van der Waals surface area contributed by atoms with E-state index in [1.807, 2.05) is 11.8 Å². The van der Waals surface area contributed by atoms with Crippen molar-refractivity contribution in [3.63, 3.8) is 0 Å². The number of anilines is 1. The summed E-state index contributed by atoms with van der Waals surface area (Å²) in [7, 11) is 4.38. The van der Waals surface area contributed by atoms with Gasteiger partial charge in [-0.05, 0) is 54.7 Å². The van der Waals surface area contributed by atoms with Gasteiger partial charge in [-0.2, -0.15) is 4.57 Å². The Bertz CT molecular complexity index is 1140. The zero-order valence-corrected chi connectivity index (χ0v) is 18.7. The summed E-state index contributed by atoms with van der Waals surface area (Å²) >= 11 is 1.89. The average molecular weight is 414 g/mol. The lowest BCUT2D eigenvalue weighted by Gasteiger charge is -2.24. The maximum absolute atomic E-state index is 2.45. The largest absolute Gasteiger partial charge is 0.338 e. The zero-order chi connectivity index (χ0) is 20.5. The fourth-order valence-corrected chi connectivity index (χ4v) is 5.89. The standard InChI is InChI=1S/C27H29N2S/c1-28-23(17-16-21-12-6-7-13-24(21)28)18-22(20-10-4-3-5-11-20)19-27-29(2)25-14-8-9-15-26(25)30-27/h6-9,12-20H,3-5,10-11H2,1-2H3/q+1. The second kappa shape index (κ2) is 8.31. The maximum atomic E-state index is 2.45. The van der Waals surface area contributed by atoms with E-state index in [2.05, 4.69) is 96.4 Å². The van der Waals surface area contributed by atoms with E-state index in [-0.39, 0.29) is 0 Å². The Kier molecular flexibility index (Phi) is 5.39. The summed E-state index contributed by atoms with van der Waals surface area (Å²) in [5.41, 5.74) is 5.34. The molecule has 0 atom stereocenters. The van der Waals surface area contributed by atoms with Crippen molar-refractivity contribution in [3.8, 4) is 0 Å². The lowest BCUT2D eigenvalue weighted by Crippen LogP contribution is -2.32. The quantitative estimate of drug-likeness (QED) is 0.440. The highest BCUT2D eigenvalue weighted by Gasteiger charge is 2.24. The van der Waals surface area contributed by atoms with E-state index in [0.29, 0.717) is 5.92 Å². The first kappa shape index (κ1) is 19.4. The SMILES string of the molecule is CN1/C(=C\C(=C\c2ccc3ccccc3[n+]2C)C2CCCCC2)Sc2ccccc21. The Balaban J connectivity index is 1.57. The van der Waals surface area contributed by atoms with Gasteiger partial charge in [-0.25, -0.2) is 0 Å². The Morgan fingerprint density at radius 2 is 1.73 bits per heavy atom. The van der Waals surface area contributed by atoms with Crippen LogP contribution in [-0.4, -0.2) is 7.05 Å². The van der Waals surface area contributed by atoms with Crippen LogP contribution in [-0.2, 0) is 7.05 Å². The monoisotopic (exact) mass is 413 g/mol. The first-order chi connectivity index (χ1) is 14.7. The van der Waals surface area contributed by atoms with E-state index < -0.39 is 0 Å². The maximum Gasteiger partial charge on any atom is 0.212 e. The van der Waals surface area contributed by atoms with E-state index in [0.717, 1.165) is 0 Å². The van der Waals surface area contributed by atoms with Gasteiger partial charge in [0.1, 0.15) is 7.05 Å². The lowest BCUT2D eigenvalue weighted by atomic mass is 9.83. The van der Waals surface area contributed by atoms with Crippen molar-refractivity contribution in [2.75, 3.05) is 11.9 Å². The van der Waals surface area contributed by atoms with Gasteiger partial charge < -0.3 is 4.90 Å². The average Bonchev–Trinajstić information content (AvgIpc) is 3.11. The van der Waals surface area contributed by atoms with Gasteiger partial charge in [0, 0.05) is 35.5 Å². The number of nitrogens with zero attached hydrogens (tertiary/aromatic N) is 2. The third kappa shape index (κ3) is 3.67. The van der Waals surface area contributed by atoms with E-state index in [4.69, 9.17) is 0 Å². The summed E-state index contributed by atoms with van der Waals surface area (Å²) < 4.78 is 2.33. The molecule has 0 spiro atoms. The Hall–Kier alpha value is -2.52. The number of fused-ring (bicyclic) bond motifs is 2. The van der Waals surface area contributed by atoms with Crippen LogP contribution >= 0.6 is 11.8 Å². The van der Waals surface area contributed by atoms with Gasteiger partial charge >= 0.3 is 0 Å². The molecule has 152 valence electrons. The number of allylic oxidation sites excluding steroid dienone is 2. The molecule has 0 amide bonds. The van der Waals surface area contributed by atoms with Gasteiger partial charge in [0.15, 0.2) is 0 Å². The normalized spacial score (nSPS) is 18.9. The molecule has 1 aliphatic heterocycles. The molecule has 1 fully saturated rings. The number of hydrogen-bond acceptors (Lipinski definition) is 2. The van der Waals surface area contributed by atoms with E-state index >= 15 is 0 Å². The number of rotatable bonds is 3. The van der Waals surface area contributed by atoms with Gasteiger partial charge in [-0.15, -0.1) is 0 Å². The summed E-state index contributed by atoms with van der Waals surface area (Å²) in [6.07, 6.45) is 11.6. The van der Waals surface area contributed by atoms with Crippen LogP contribution in [0, 0.1) is 5.92 Å². The molecule has 0 bridgehead atoms. The van der Waals surface area contributed by atoms with Crippen molar-refractivity contribution in [2.45, 2.75) is 37.0 Å². The first-order valence-corrected chi connectivity index (χ1v) is 11.8. The first-order valence-electron chi connectivity index (χ1n) is 11.0. The number of aryl methyl sites for hydroxylation is 1. The number of thioether (sulfide) groups is 1. The van der Waals surface area contributed by atoms with Gasteiger partial charge in [0.05, 0.1) is 10.7 Å². The number of aromatic nitrogens is 1. The Morgan fingerprint density at radius 3 is 2.57 bits per heavy atom. The molecular formula is C27H29N2S+. The molecule has 2 heterocycles. The third-order valence-electron chi connectivity index (χ3n) is 6.57. The minimum absolute atomic E-state index is 0.649. The summed E-state index contributed by atoms with van der Waals surface area (Å²) in [5.74, 6) is 0.649.